The number of anilines is 1. The van der Waals surface area contributed by atoms with Gasteiger partial charge in [0.25, 0.3) is 11.8 Å². The van der Waals surface area contributed by atoms with Crippen LogP contribution in [0.15, 0.2) is 51.7 Å². The van der Waals surface area contributed by atoms with Crippen molar-refractivity contribution in [2.24, 2.45) is 0 Å². The normalized spacial score (nSPS) is 13.6. The van der Waals surface area contributed by atoms with E-state index < -0.39 is 23.4 Å². The van der Waals surface area contributed by atoms with E-state index in [9.17, 15) is 19.2 Å². The Morgan fingerprint density at radius 3 is 2.21 bits per heavy atom. The second-order valence-corrected chi connectivity index (χ2v) is 9.22. The summed E-state index contributed by atoms with van der Waals surface area (Å²) in [7, 11) is 0. The molecule has 2 aromatic carbocycles. The zero-order valence-electron chi connectivity index (χ0n) is 22.0. The maximum atomic E-state index is 13.0. The van der Waals surface area contributed by atoms with Crippen molar-refractivity contribution in [1.82, 2.24) is 5.06 Å². The first-order valence-electron chi connectivity index (χ1n) is 13.1. The Balaban J connectivity index is 1.56. The molecule has 38 heavy (non-hydrogen) atoms. The minimum atomic E-state index is -0.789. The van der Waals surface area contributed by atoms with E-state index in [1.54, 1.807) is 24.3 Å². The molecular weight excluding hydrogens is 484 g/mol. The lowest BCUT2D eigenvalue weighted by Gasteiger charge is -2.24. The van der Waals surface area contributed by atoms with E-state index in [-0.39, 0.29) is 18.4 Å². The number of hydrogen-bond donors (Lipinski definition) is 0. The van der Waals surface area contributed by atoms with Gasteiger partial charge < -0.3 is 14.2 Å². The van der Waals surface area contributed by atoms with E-state index >= 15 is 0 Å². The molecule has 0 atom stereocenters. The number of hydroxylamine groups is 2. The van der Waals surface area contributed by atoms with Crippen molar-refractivity contribution in [2.45, 2.75) is 52.9 Å². The Labute approximate surface area is 221 Å². The molecular formula is C30H32N2O6. The molecule has 1 fully saturated rings. The van der Waals surface area contributed by atoms with Crippen LogP contribution in [0.5, 0.6) is 0 Å². The summed E-state index contributed by atoms with van der Waals surface area (Å²) >= 11 is 0. The fourth-order valence-electron chi connectivity index (χ4n) is 4.63. The van der Waals surface area contributed by atoms with Crippen molar-refractivity contribution in [2.75, 3.05) is 18.0 Å². The van der Waals surface area contributed by atoms with Crippen molar-refractivity contribution in [3.8, 4) is 0 Å². The molecule has 0 saturated carbocycles. The molecule has 8 nitrogen and oxygen atoms in total. The summed E-state index contributed by atoms with van der Waals surface area (Å²) in [6.07, 6.45) is 6.31. The number of amides is 2. The van der Waals surface area contributed by atoms with E-state index in [1.807, 2.05) is 19.1 Å². The lowest BCUT2D eigenvalue weighted by molar-refractivity contribution is -0.172. The third kappa shape index (κ3) is 5.69. The van der Waals surface area contributed by atoms with Crippen LogP contribution in [-0.2, 0) is 20.8 Å². The van der Waals surface area contributed by atoms with Crippen LogP contribution in [0.2, 0.25) is 0 Å². The summed E-state index contributed by atoms with van der Waals surface area (Å²) in [5.74, 6) is -1.85. The summed E-state index contributed by atoms with van der Waals surface area (Å²) in [6.45, 7) is 8.19. The van der Waals surface area contributed by atoms with Crippen molar-refractivity contribution < 1.29 is 23.6 Å². The number of benzene rings is 2. The molecule has 4 rings (SSSR count). The Morgan fingerprint density at radius 2 is 1.61 bits per heavy atom. The standard InChI is InChI=1S/C30H32N2O6/c1-4-17-31(18-5-2)22-12-14-24-23(6-3)25(30(36)37-26(24)19-22)13-9-20-7-10-21(11-8-20)29(35)38-32-27(33)15-16-28(32)34/h7-14,19H,4-6,15-18H2,1-3H3/b13-9+. The molecule has 0 aliphatic carbocycles. The highest BCUT2D eigenvalue weighted by Gasteiger charge is 2.33. The van der Waals surface area contributed by atoms with Crippen LogP contribution >= 0.6 is 0 Å². The smallest absolute Gasteiger partial charge is 0.363 e. The Bertz CT molecular complexity index is 1420. The van der Waals surface area contributed by atoms with Gasteiger partial charge in [0.05, 0.1) is 11.1 Å². The van der Waals surface area contributed by atoms with Gasteiger partial charge in [-0.1, -0.05) is 39.0 Å². The first-order valence-corrected chi connectivity index (χ1v) is 13.1. The second-order valence-electron chi connectivity index (χ2n) is 9.22. The van der Waals surface area contributed by atoms with Gasteiger partial charge in [0, 0.05) is 43.1 Å². The highest BCUT2D eigenvalue weighted by molar-refractivity contribution is 6.02. The van der Waals surface area contributed by atoms with E-state index in [2.05, 4.69) is 24.8 Å². The van der Waals surface area contributed by atoms with Crippen LogP contribution in [-0.4, -0.2) is 35.9 Å². The number of fused-ring (bicyclic) bond motifs is 1. The third-order valence-electron chi connectivity index (χ3n) is 6.51. The van der Waals surface area contributed by atoms with Gasteiger partial charge in [0.1, 0.15) is 5.58 Å². The number of nitrogens with zero attached hydrogens (tertiary/aromatic N) is 2. The average molecular weight is 517 g/mol. The first kappa shape index (κ1) is 26.9. The zero-order valence-corrected chi connectivity index (χ0v) is 22.0. The molecule has 1 aliphatic rings. The number of carbonyl (C=O) groups is 3. The Kier molecular flexibility index (Phi) is 8.41. The van der Waals surface area contributed by atoms with Gasteiger partial charge in [-0.15, -0.1) is 5.06 Å². The van der Waals surface area contributed by atoms with Gasteiger partial charge in [0.2, 0.25) is 0 Å². The predicted octanol–water partition coefficient (Wildman–Crippen LogP) is 5.37. The molecule has 1 aliphatic heterocycles. The minimum absolute atomic E-state index is 0.0374. The molecule has 3 aromatic rings. The maximum Gasteiger partial charge on any atom is 0.363 e. The van der Waals surface area contributed by atoms with Crippen LogP contribution in [0.4, 0.5) is 5.69 Å². The maximum absolute atomic E-state index is 13.0. The molecule has 0 bridgehead atoms. The zero-order chi connectivity index (χ0) is 27.2. The predicted molar refractivity (Wildman–Crippen MR) is 147 cm³/mol. The summed E-state index contributed by atoms with van der Waals surface area (Å²) in [5.41, 5.74) is 3.58. The first-order chi connectivity index (χ1) is 18.4. The van der Waals surface area contributed by atoms with Gasteiger partial charge in [0.15, 0.2) is 0 Å². The quantitative estimate of drug-likeness (QED) is 0.264. The van der Waals surface area contributed by atoms with Crippen LogP contribution in [0.1, 0.15) is 73.5 Å². The SMILES string of the molecule is CCCN(CCC)c1ccc2c(CC)c(/C=C/c3ccc(C(=O)ON4C(=O)CCC4=O)cc3)c(=O)oc2c1. The number of imide groups is 1. The Morgan fingerprint density at radius 1 is 0.947 bits per heavy atom. The highest BCUT2D eigenvalue weighted by atomic mass is 16.7. The minimum Gasteiger partial charge on any atom is -0.422 e. The summed E-state index contributed by atoms with van der Waals surface area (Å²) in [4.78, 5) is 55.9. The summed E-state index contributed by atoms with van der Waals surface area (Å²) in [6, 6.07) is 12.5. The second kappa shape index (κ2) is 11.9. The molecule has 0 radical (unpaired) electrons. The molecule has 0 spiro atoms. The fourth-order valence-corrected chi connectivity index (χ4v) is 4.63. The number of hydrogen-bond acceptors (Lipinski definition) is 7. The molecule has 1 aromatic heterocycles. The summed E-state index contributed by atoms with van der Waals surface area (Å²) < 4.78 is 5.75. The van der Waals surface area contributed by atoms with E-state index in [4.69, 9.17) is 9.25 Å². The molecule has 0 unspecified atom stereocenters. The van der Waals surface area contributed by atoms with Crippen molar-refractivity contribution in [3.63, 3.8) is 0 Å². The van der Waals surface area contributed by atoms with Crippen LogP contribution < -0.4 is 10.5 Å². The van der Waals surface area contributed by atoms with Crippen molar-refractivity contribution in [3.05, 3.63) is 75.1 Å². The van der Waals surface area contributed by atoms with Gasteiger partial charge >= 0.3 is 11.6 Å². The molecule has 2 amide bonds. The molecule has 0 N–H and O–H groups in total. The largest absolute Gasteiger partial charge is 0.422 e. The van der Waals surface area contributed by atoms with Crippen molar-refractivity contribution in [1.29, 1.82) is 0 Å². The third-order valence-corrected chi connectivity index (χ3v) is 6.51. The molecule has 8 heteroatoms. The van der Waals surface area contributed by atoms with Gasteiger partial charge in [-0.3, -0.25) is 9.59 Å². The average Bonchev–Trinajstić information content (AvgIpc) is 3.23. The number of carbonyl (C=O) groups excluding carboxylic acids is 3. The van der Waals surface area contributed by atoms with Gasteiger partial charge in [-0.2, -0.15) is 0 Å². The molecule has 1 saturated heterocycles. The molecule has 198 valence electrons. The van der Waals surface area contributed by atoms with E-state index in [0.29, 0.717) is 22.6 Å². The Hall–Kier alpha value is -4.20. The van der Waals surface area contributed by atoms with Crippen LogP contribution in [0.25, 0.3) is 23.1 Å². The monoisotopic (exact) mass is 516 g/mol. The summed E-state index contributed by atoms with van der Waals surface area (Å²) in [5, 5.41) is 1.43. The number of rotatable bonds is 10. The van der Waals surface area contributed by atoms with Gasteiger partial charge in [-0.25, -0.2) is 9.59 Å². The highest BCUT2D eigenvalue weighted by Crippen LogP contribution is 2.27. The topological polar surface area (TPSA) is 97.1 Å². The van der Waals surface area contributed by atoms with Gasteiger partial charge in [-0.05, 0) is 60.7 Å². The van der Waals surface area contributed by atoms with E-state index in [0.717, 1.165) is 48.1 Å². The van der Waals surface area contributed by atoms with Crippen LogP contribution in [0.3, 0.4) is 0 Å². The molecule has 2 heterocycles. The van der Waals surface area contributed by atoms with Crippen LogP contribution in [0, 0.1) is 0 Å². The number of aryl methyl sites for hydroxylation is 1. The fraction of sp³-hybridized carbons (Fsp3) is 0.333. The lowest BCUT2D eigenvalue weighted by Crippen LogP contribution is -2.32. The lowest BCUT2D eigenvalue weighted by atomic mass is 10.0. The van der Waals surface area contributed by atoms with E-state index in [1.165, 1.54) is 12.1 Å². The van der Waals surface area contributed by atoms with Crippen molar-refractivity contribution >= 4 is 46.6 Å².